The molecule has 0 saturated carbocycles. The highest BCUT2D eigenvalue weighted by atomic mass is 35.5. The van der Waals surface area contributed by atoms with E-state index in [2.05, 4.69) is 50.2 Å². The number of rotatable bonds is 15. The molecule has 0 spiro atoms. The van der Waals surface area contributed by atoms with Crippen molar-refractivity contribution in [1.29, 1.82) is 0 Å². The number of carbonyl (C=O) groups is 1. The lowest BCUT2D eigenvalue weighted by molar-refractivity contribution is 0.0735. The van der Waals surface area contributed by atoms with Gasteiger partial charge in [0.05, 0.1) is 12.2 Å². The maximum absolute atomic E-state index is 12.8. The lowest BCUT2D eigenvalue weighted by Crippen LogP contribution is -2.08. The Labute approximate surface area is 250 Å². The van der Waals surface area contributed by atoms with Crippen molar-refractivity contribution < 1.29 is 14.3 Å². The molecule has 0 unspecified atom stereocenters. The molecular formula is C37H41ClO3. The van der Waals surface area contributed by atoms with Gasteiger partial charge < -0.3 is 9.47 Å². The van der Waals surface area contributed by atoms with Crippen LogP contribution in [0.2, 0.25) is 5.02 Å². The first-order valence-electron chi connectivity index (χ1n) is 15.0. The number of benzene rings is 4. The van der Waals surface area contributed by atoms with Crippen LogP contribution in [-0.2, 0) is 6.42 Å². The minimum Gasteiger partial charge on any atom is -0.494 e. The van der Waals surface area contributed by atoms with Crippen LogP contribution in [0.3, 0.4) is 0 Å². The smallest absolute Gasteiger partial charge is 0.343 e. The van der Waals surface area contributed by atoms with E-state index in [1.165, 1.54) is 50.5 Å². The first-order valence-corrected chi connectivity index (χ1v) is 15.4. The van der Waals surface area contributed by atoms with E-state index < -0.39 is 5.97 Å². The van der Waals surface area contributed by atoms with Crippen molar-refractivity contribution in [2.45, 2.75) is 71.6 Å². The van der Waals surface area contributed by atoms with Crippen molar-refractivity contribution in [3.05, 3.63) is 107 Å². The summed E-state index contributed by atoms with van der Waals surface area (Å²) in [6.45, 7) is 5.20. The maximum Gasteiger partial charge on any atom is 0.343 e. The Morgan fingerprint density at radius 3 is 1.85 bits per heavy atom. The third-order valence-electron chi connectivity index (χ3n) is 7.31. The Hall–Kier alpha value is -3.56. The summed E-state index contributed by atoms with van der Waals surface area (Å²) in [5.41, 5.74) is 5.80. The fraction of sp³-hybridized carbons (Fsp3) is 0.324. The number of carbonyl (C=O) groups excluding carboxylic acids is 1. The number of hydrogen-bond acceptors (Lipinski definition) is 3. The second-order valence-electron chi connectivity index (χ2n) is 10.5. The van der Waals surface area contributed by atoms with Crippen LogP contribution in [0.1, 0.15) is 81.1 Å². The van der Waals surface area contributed by atoms with Gasteiger partial charge in [0.1, 0.15) is 11.5 Å². The average Bonchev–Trinajstić information content (AvgIpc) is 3.00. The van der Waals surface area contributed by atoms with Crippen LogP contribution < -0.4 is 9.47 Å². The van der Waals surface area contributed by atoms with E-state index in [9.17, 15) is 4.79 Å². The zero-order chi connectivity index (χ0) is 28.9. The second-order valence-corrected chi connectivity index (χ2v) is 11.0. The number of aryl methyl sites for hydroxylation is 1. The van der Waals surface area contributed by atoms with Crippen LogP contribution in [0.5, 0.6) is 11.5 Å². The summed E-state index contributed by atoms with van der Waals surface area (Å²) >= 11 is 6.59. The number of hydrogen-bond donors (Lipinski definition) is 0. The van der Waals surface area contributed by atoms with Crippen molar-refractivity contribution in [2.24, 2.45) is 0 Å². The molecule has 4 aromatic rings. The summed E-state index contributed by atoms with van der Waals surface area (Å²) in [4.78, 5) is 12.8. The second kappa shape index (κ2) is 16.0. The highest BCUT2D eigenvalue weighted by molar-refractivity contribution is 6.33. The van der Waals surface area contributed by atoms with Crippen LogP contribution in [0.15, 0.2) is 91.0 Å². The first kappa shape index (κ1) is 30.4. The summed E-state index contributed by atoms with van der Waals surface area (Å²) in [6.07, 6.45) is 10.9. The highest BCUT2D eigenvalue weighted by Crippen LogP contribution is 2.30. The Morgan fingerprint density at radius 1 is 0.634 bits per heavy atom. The van der Waals surface area contributed by atoms with Gasteiger partial charge in [-0.15, -0.1) is 0 Å². The van der Waals surface area contributed by atoms with Crippen LogP contribution in [0, 0.1) is 0 Å². The maximum atomic E-state index is 12.8. The summed E-state index contributed by atoms with van der Waals surface area (Å²) in [5.74, 6) is 0.938. The topological polar surface area (TPSA) is 35.5 Å². The predicted octanol–water partition coefficient (Wildman–Crippen LogP) is 11.0. The van der Waals surface area contributed by atoms with Gasteiger partial charge in [-0.25, -0.2) is 4.79 Å². The van der Waals surface area contributed by atoms with Gasteiger partial charge in [-0.05, 0) is 77.9 Å². The molecule has 0 aromatic heterocycles. The Kier molecular flexibility index (Phi) is 11.9. The van der Waals surface area contributed by atoms with Crippen LogP contribution in [0.25, 0.3) is 22.3 Å². The molecule has 0 bridgehead atoms. The fourth-order valence-corrected chi connectivity index (χ4v) is 5.12. The van der Waals surface area contributed by atoms with Gasteiger partial charge in [0, 0.05) is 10.6 Å². The van der Waals surface area contributed by atoms with Crippen molar-refractivity contribution in [2.75, 3.05) is 6.61 Å². The van der Waals surface area contributed by atoms with Crippen molar-refractivity contribution in [3.63, 3.8) is 0 Å². The molecule has 4 rings (SSSR count). The van der Waals surface area contributed by atoms with Crippen LogP contribution >= 0.6 is 11.6 Å². The van der Waals surface area contributed by atoms with E-state index in [0.717, 1.165) is 47.5 Å². The highest BCUT2D eigenvalue weighted by Gasteiger charge is 2.13. The third kappa shape index (κ3) is 9.23. The molecule has 214 valence electrons. The van der Waals surface area contributed by atoms with Gasteiger partial charge in [-0.1, -0.05) is 119 Å². The normalized spacial score (nSPS) is 10.9. The summed E-state index contributed by atoms with van der Waals surface area (Å²) < 4.78 is 11.5. The molecule has 0 amide bonds. The van der Waals surface area contributed by atoms with Gasteiger partial charge in [0.25, 0.3) is 0 Å². The van der Waals surface area contributed by atoms with E-state index in [4.69, 9.17) is 21.1 Å². The van der Waals surface area contributed by atoms with Gasteiger partial charge in [-0.3, -0.25) is 0 Å². The van der Waals surface area contributed by atoms with Crippen LogP contribution in [0.4, 0.5) is 0 Å². The molecule has 0 saturated heterocycles. The van der Waals surface area contributed by atoms with Gasteiger partial charge in [0.2, 0.25) is 0 Å². The van der Waals surface area contributed by atoms with Crippen molar-refractivity contribution in [1.82, 2.24) is 0 Å². The first-order chi connectivity index (χ1) is 20.1. The Bertz CT molecular complexity index is 1360. The molecule has 41 heavy (non-hydrogen) atoms. The summed E-state index contributed by atoms with van der Waals surface area (Å²) in [6, 6.07) is 29.5. The standard InChI is InChI=1S/C37H41ClO3/c1-3-5-7-8-10-26-40-33-21-16-29(17-22-33)30-18-23-34(24-19-30)41-37(39)32-20-25-35(36(38)27-32)31-14-12-28(13-15-31)11-9-6-4-2/h12-25,27H,3-11,26H2,1-2H3. The van der Waals surface area contributed by atoms with Gasteiger partial charge >= 0.3 is 5.97 Å². The zero-order valence-electron chi connectivity index (χ0n) is 24.3. The Balaban J connectivity index is 1.30. The molecule has 0 fully saturated rings. The fourth-order valence-electron chi connectivity index (χ4n) is 4.83. The average molecular weight is 569 g/mol. The summed E-state index contributed by atoms with van der Waals surface area (Å²) in [5, 5.41) is 0.525. The molecular weight excluding hydrogens is 528 g/mol. The predicted molar refractivity (Wildman–Crippen MR) is 171 cm³/mol. The van der Waals surface area contributed by atoms with E-state index in [-0.39, 0.29) is 0 Å². The zero-order valence-corrected chi connectivity index (χ0v) is 25.1. The third-order valence-corrected chi connectivity index (χ3v) is 7.62. The minimum absolute atomic E-state index is 0.417. The number of unbranched alkanes of at least 4 members (excludes halogenated alkanes) is 6. The minimum atomic E-state index is -0.436. The molecule has 4 heteroatoms. The van der Waals surface area contributed by atoms with Gasteiger partial charge in [-0.2, -0.15) is 0 Å². The van der Waals surface area contributed by atoms with E-state index in [0.29, 0.717) is 16.3 Å². The van der Waals surface area contributed by atoms with E-state index in [1.807, 2.05) is 42.5 Å². The monoisotopic (exact) mass is 568 g/mol. The largest absolute Gasteiger partial charge is 0.494 e. The SMILES string of the molecule is CCCCCCCOc1ccc(-c2ccc(OC(=O)c3ccc(-c4ccc(CCCCC)cc4)c(Cl)c3)cc2)cc1. The van der Waals surface area contributed by atoms with Crippen LogP contribution in [-0.4, -0.2) is 12.6 Å². The lowest BCUT2D eigenvalue weighted by Gasteiger charge is -2.10. The molecule has 0 heterocycles. The number of ether oxygens (including phenoxy) is 2. The molecule has 0 N–H and O–H groups in total. The molecule has 0 aliphatic carbocycles. The van der Waals surface area contributed by atoms with E-state index >= 15 is 0 Å². The number of esters is 1. The van der Waals surface area contributed by atoms with Crippen molar-refractivity contribution >= 4 is 17.6 Å². The molecule has 0 atom stereocenters. The van der Waals surface area contributed by atoms with Gasteiger partial charge in [0.15, 0.2) is 0 Å². The quantitative estimate of drug-likeness (QED) is 0.0812. The molecule has 0 aliphatic rings. The molecule has 4 aromatic carbocycles. The van der Waals surface area contributed by atoms with Crippen molar-refractivity contribution in [3.8, 4) is 33.8 Å². The molecule has 0 aliphatic heterocycles. The molecule has 0 radical (unpaired) electrons. The summed E-state index contributed by atoms with van der Waals surface area (Å²) in [7, 11) is 0. The number of halogens is 1. The Morgan fingerprint density at radius 2 is 1.22 bits per heavy atom. The van der Waals surface area contributed by atoms with E-state index in [1.54, 1.807) is 12.1 Å². The molecule has 3 nitrogen and oxygen atoms in total. The lowest BCUT2D eigenvalue weighted by atomic mass is 10.0.